The van der Waals surface area contributed by atoms with Crippen LogP contribution in [0.5, 0.6) is 11.5 Å². The number of ether oxygens (including phenoxy) is 1. The summed E-state index contributed by atoms with van der Waals surface area (Å²) < 4.78 is 19.9. The number of anilines is 1. The molecule has 1 fully saturated rings. The molecule has 6 heteroatoms. The summed E-state index contributed by atoms with van der Waals surface area (Å²) in [5.74, 6) is 0.976. The molecule has 0 aromatic heterocycles. The molecule has 0 radical (unpaired) electrons. The minimum Gasteiger partial charge on any atom is -0.457 e. The van der Waals surface area contributed by atoms with Crippen LogP contribution in [-0.4, -0.2) is 23.9 Å². The maximum absolute atomic E-state index is 14.1. The number of piperidine rings is 1. The number of hydrogen-bond donors (Lipinski definition) is 1. The summed E-state index contributed by atoms with van der Waals surface area (Å²) in [4.78, 5) is 14.9. The minimum atomic E-state index is -0.308. The molecule has 1 atom stereocenters. The molecule has 1 unspecified atom stereocenters. The molecule has 1 heterocycles. The van der Waals surface area contributed by atoms with E-state index in [0.29, 0.717) is 29.4 Å². The Hall–Kier alpha value is -2.89. The maximum atomic E-state index is 14.1. The summed E-state index contributed by atoms with van der Waals surface area (Å²) in [5, 5.41) is 3.41. The molecule has 3 aromatic rings. The Balaban J connectivity index is 1.34. The third-order valence-corrected chi connectivity index (χ3v) is 5.77. The van der Waals surface area contributed by atoms with E-state index in [0.717, 1.165) is 30.8 Å². The van der Waals surface area contributed by atoms with E-state index in [-0.39, 0.29) is 17.6 Å². The highest BCUT2D eigenvalue weighted by Gasteiger charge is 2.26. The number of halogens is 2. The Kier molecular flexibility index (Phi) is 6.85. The van der Waals surface area contributed by atoms with Gasteiger partial charge < -0.3 is 10.1 Å². The van der Waals surface area contributed by atoms with Gasteiger partial charge in [-0.25, -0.2) is 4.39 Å². The summed E-state index contributed by atoms with van der Waals surface area (Å²) in [6.45, 7) is 1.80. The van der Waals surface area contributed by atoms with Gasteiger partial charge in [0.25, 0.3) is 0 Å². The number of nitrogens with zero attached hydrogens (tertiary/aromatic N) is 1. The van der Waals surface area contributed by atoms with Crippen LogP contribution in [0.4, 0.5) is 10.1 Å². The molecule has 31 heavy (non-hydrogen) atoms. The average Bonchev–Trinajstić information content (AvgIpc) is 2.79. The van der Waals surface area contributed by atoms with E-state index in [1.54, 1.807) is 12.1 Å². The van der Waals surface area contributed by atoms with E-state index in [2.05, 4.69) is 10.2 Å². The predicted octanol–water partition coefficient (Wildman–Crippen LogP) is 6.12. The van der Waals surface area contributed by atoms with Crippen molar-refractivity contribution in [1.82, 2.24) is 4.90 Å². The fourth-order valence-corrected chi connectivity index (χ4v) is 4.02. The SMILES string of the molecule is O=C(Nc1ccc(Oc2ccccc2)cc1)C1CCCN(Cc2c(F)cccc2Cl)C1. The number of nitrogens with one attached hydrogen (secondary N) is 1. The van der Waals surface area contributed by atoms with E-state index in [1.165, 1.54) is 6.07 Å². The smallest absolute Gasteiger partial charge is 0.228 e. The van der Waals surface area contributed by atoms with Gasteiger partial charge in [-0.05, 0) is 67.9 Å². The normalized spacial score (nSPS) is 16.6. The lowest BCUT2D eigenvalue weighted by Gasteiger charge is -2.32. The Morgan fingerprint density at radius 3 is 2.52 bits per heavy atom. The molecular formula is C25H24ClFN2O2. The first-order chi connectivity index (χ1) is 15.1. The quantitative estimate of drug-likeness (QED) is 0.504. The summed E-state index contributed by atoms with van der Waals surface area (Å²) in [7, 11) is 0. The maximum Gasteiger partial charge on any atom is 0.228 e. The van der Waals surface area contributed by atoms with Gasteiger partial charge in [-0.2, -0.15) is 0 Å². The molecule has 1 N–H and O–H groups in total. The minimum absolute atomic E-state index is 0.0268. The van der Waals surface area contributed by atoms with Crippen molar-refractivity contribution in [1.29, 1.82) is 0 Å². The van der Waals surface area contributed by atoms with Crippen LogP contribution in [0.3, 0.4) is 0 Å². The fourth-order valence-electron chi connectivity index (χ4n) is 3.80. The Morgan fingerprint density at radius 2 is 1.77 bits per heavy atom. The van der Waals surface area contributed by atoms with Gasteiger partial charge in [-0.1, -0.05) is 35.9 Å². The highest BCUT2D eigenvalue weighted by atomic mass is 35.5. The van der Waals surface area contributed by atoms with Gasteiger partial charge in [0.05, 0.1) is 5.92 Å². The van der Waals surface area contributed by atoms with Crippen molar-refractivity contribution in [2.24, 2.45) is 5.92 Å². The summed E-state index contributed by atoms with van der Waals surface area (Å²) in [6, 6.07) is 21.6. The van der Waals surface area contributed by atoms with Crippen LogP contribution in [0.2, 0.25) is 5.02 Å². The Morgan fingerprint density at radius 1 is 1.03 bits per heavy atom. The van der Waals surface area contributed by atoms with Crippen LogP contribution < -0.4 is 10.1 Å². The van der Waals surface area contributed by atoms with Crippen molar-refractivity contribution in [3.05, 3.63) is 89.2 Å². The van der Waals surface area contributed by atoms with Gasteiger partial charge in [0, 0.05) is 29.4 Å². The van der Waals surface area contributed by atoms with E-state index >= 15 is 0 Å². The number of rotatable bonds is 6. The molecule has 160 valence electrons. The zero-order valence-corrected chi connectivity index (χ0v) is 17.8. The largest absolute Gasteiger partial charge is 0.457 e. The van der Waals surface area contributed by atoms with Crippen LogP contribution in [0.15, 0.2) is 72.8 Å². The van der Waals surface area contributed by atoms with Crippen LogP contribution in [0.25, 0.3) is 0 Å². The van der Waals surface area contributed by atoms with Crippen LogP contribution in [0, 0.1) is 11.7 Å². The monoisotopic (exact) mass is 438 g/mol. The lowest BCUT2D eigenvalue weighted by Crippen LogP contribution is -2.40. The molecule has 0 aliphatic carbocycles. The second-order valence-electron chi connectivity index (χ2n) is 7.70. The lowest BCUT2D eigenvalue weighted by atomic mass is 9.96. The van der Waals surface area contributed by atoms with Crippen molar-refractivity contribution in [3.63, 3.8) is 0 Å². The van der Waals surface area contributed by atoms with Crippen molar-refractivity contribution >= 4 is 23.2 Å². The van der Waals surface area contributed by atoms with Crippen molar-refractivity contribution < 1.29 is 13.9 Å². The number of likely N-dealkylation sites (tertiary alicyclic amines) is 1. The molecule has 4 rings (SSSR count). The molecule has 0 saturated carbocycles. The predicted molar refractivity (Wildman–Crippen MR) is 121 cm³/mol. The fraction of sp³-hybridized carbons (Fsp3) is 0.240. The molecular weight excluding hydrogens is 415 g/mol. The van der Waals surface area contributed by atoms with Crippen molar-refractivity contribution in [2.45, 2.75) is 19.4 Å². The van der Waals surface area contributed by atoms with Gasteiger partial charge in [0.2, 0.25) is 5.91 Å². The Labute approximate surface area is 186 Å². The van der Waals surface area contributed by atoms with Crippen molar-refractivity contribution in [3.8, 4) is 11.5 Å². The molecule has 0 spiro atoms. The highest BCUT2D eigenvalue weighted by molar-refractivity contribution is 6.31. The highest BCUT2D eigenvalue weighted by Crippen LogP contribution is 2.26. The van der Waals surface area contributed by atoms with Crippen LogP contribution >= 0.6 is 11.6 Å². The van der Waals surface area contributed by atoms with Crippen LogP contribution in [-0.2, 0) is 11.3 Å². The molecule has 0 bridgehead atoms. The first kappa shape index (κ1) is 21.3. The molecule has 1 aliphatic heterocycles. The number of benzene rings is 3. The third-order valence-electron chi connectivity index (χ3n) is 5.42. The summed E-state index contributed by atoms with van der Waals surface area (Å²) in [5.41, 5.74) is 1.21. The van der Waals surface area contributed by atoms with E-state index in [1.807, 2.05) is 54.6 Å². The van der Waals surface area contributed by atoms with Gasteiger partial charge in [-0.15, -0.1) is 0 Å². The zero-order valence-electron chi connectivity index (χ0n) is 17.1. The van der Waals surface area contributed by atoms with Crippen molar-refractivity contribution in [2.75, 3.05) is 18.4 Å². The zero-order chi connectivity index (χ0) is 21.6. The number of para-hydroxylation sites is 1. The molecule has 1 aliphatic rings. The second-order valence-corrected chi connectivity index (χ2v) is 8.11. The van der Waals surface area contributed by atoms with E-state index < -0.39 is 0 Å². The average molecular weight is 439 g/mol. The van der Waals surface area contributed by atoms with E-state index in [4.69, 9.17) is 16.3 Å². The lowest BCUT2D eigenvalue weighted by molar-refractivity contribution is -0.121. The van der Waals surface area contributed by atoms with E-state index in [9.17, 15) is 9.18 Å². The van der Waals surface area contributed by atoms with Gasteiger partial charge in [-0.3, -0.25) is 9.69 Å². The standard InChI is InChI=1S/C25H24ClFN2O2/c26-23-9-4-10-24(27)22(23)17-29-15-5-6-18(16-29)25(30)28-19-11-13-21(14-12-19)31-20-7-2-1-3-8-20/h1-4,7-14,18H,5-6,15-17H2,(H,28,30). The number of amides is 1. The summed E-state index contributed by atoms with van der Waals surface area (Å²) in [6.07, 6.45) is 1.69. The number of carbonyl (C=O) groups excluding carboxylic acids is 1. The third kappa shape index (κ3) is 5.63. The first-order valence-electron chi connectivity index (χ1n) is 10.4. The topological polar surface area (TPSA) is 41.6 Å². The second kappa shape index (κ2) is 9.94. The molecule has 1 saturated heterocycles. The summed E-state index contributed by atoms with van der Waals surface area (Å²) >= 11 is 6.16. The Bertz CT molecular complexity index is 1010. The van der Waals surface area contributed by atoms with Crippen LogP contribution in [0.1, 0.15) is 18.4 Å². The van der Waals surface area contributed by atoms with Gasteiger partial charge in [0.1, 0.15) is 17.3 Å². The van der Waals surface area contributed by atoms with Gasteiger partial charge in [0.15, 0.2) is 0 Å². The molecule has 1 amide bonds. The number of carbonyl (C=O) groups is 1. The number of hydrogen-bond acceptors (Lipinski definition) is 3. The molecule has 3 aromatic carbocycles. The van der Waals surface area contributed by atoms with Gasteiger partial charge >= 0.3 is 0 Å². The molecule has 4 nitrogen and oxygen atoms in total. The first-order valence-corrected chi connectivity index (χ1v) is 10.8.